The van der Waals surface area contributed by atoms with Crippen LogP contribution in [0.4, 0.5) is 0 Å². The van der Waals surface area contributed by atoms with Crippen LogP contribution in [0.1, 0.15) is 49.3 Å². The van der Waals surface area contributed by atoms with Crippen LogP contribution in [0.3, 0.4) is 0 Å². The van der Waals surface area contributed by atoms with Gasteiger partial charge in [-0.3, -0.25) is 4.79 Å². The summed E-state index contributed by atoms with van der Waals surface area (Å²) in [6.45, 7) is 6.16. The standard InChI is InChI=1S/C17H25NO2/c1-12-8-13(2)10-15(9-12)11-14(3)18-16(19)17(20)6-4-5-7-17/h8-10,14,20H,4-7,11H2,1-3H3,(H,18,19)/t14-/m1/s1. The van der Waals surface area contributed by atoms with Crippen molar-refractivity contribution in [2.75, 3.05) is 0 Å². The third-order valence-corrected chi connectivity index (χ3v) is 4.05. The van der Waals surface area contributed by atoms with E-state index in [2.05, 4.69) is 37.4 Å². The molecule has 2 rings (SSSR count). The van der Waals surface area contributed by atoms with E-state index in [-0.39, 0.29) is 11.9 Å². The third kappa shape index (κ3) is 3.60. The average molecular weight is 275 g/mol. The van der Waals surface area contributed by atoms with E-state index in [0.29, 0.717) is 12.8 Å². The molecule has 0 heterocycles. The van der Waals surface area contributed by atoms with Gasteiger partial charge < -0.3 is 10.4 Å². The van der Waals surface area contributed by atoms with Crippen molar-refractivity contribution in [3.05, 3.63) is 34.9 Å². The topological polar surface area (TPSA) is 49.3 Å². The highest BCUT2D eigenvalue weighted by Crippen LogP contribution is 2.29. The predicted octanol–water partition coefficient (Wildman–Crippen LogP) is 2.66. The molecule has 1 aliphatic rings. The number of rotatable bonds is 4. The van der Waals surface area contributed by atoms with E-state index >= 15 is 0 Å². The number of benzene rings is 1. The van der Waals surface area contributed by atoms with Gasteiger partial charge in [0.2, 0.25) is 0 Å². The molecule has 1 fully saturated rings. The first kappa shape index (κ1) is 15.0. The van der Waals surface area contributed by atoms with Crippen molar-refractivity contribution in [1.29, 1.82) is 0 Å². The van der Waals surface area contributed by atoms with E-state index in [9.17, 15) is 9.90 Å². The Hall–Kier alpha value is -1.35. The van der Waals surface area contributed by atoms with Crippen LogP contribution in [-0.4, -0.2) is 22.7 Å². The van der Waals surface area contributed by atoms with Gasteiger partial charge in [0.15, 0.2) is 0 Å². The lowest BCUT2D eigenvalue weighted by Gasteiger charge is -2.24. The van der Waals surface area contributed by atoms with Crippen LogP contribution in [0.2, 0.25) is 0 Å². The molecule has 0 aliphatic heterocycles. The molecule has 0 spiro atoms. The monoisotopic (exact) mass is 275 g/mol. The number of hydrogen-bond donors (Lipinski definition) is 2. The fourth-order valence-corrected chi connectivity index (χ4v) is 3.14. The summed E-state index contributed by atoms with van der Waals surface area (Å²) in [6.07, 6.45) is 3.86. The first-order valence-corrected chi connectivity index (χ1v) is 7.49. The van der Waals surface area contributed by atoms with Crippen molar-refractivity contribution in [3.63, 3.8) is 0 Å². The fraction of sp³-hybridized carbons (Fsp3) is 0.588. The summed E-state index contributed by atoms with van der Waals surface area (Å²) in [5.74, 6) is -0.202. The molecule has 0 aromatic heterocycles. The maximum atomic E-state index is 12.1. The predicted molar refractivity (Wildman–Crippen MR) is 80.6 cm³/mol. The molecule has 3 nitrogen and oxygen atoms in total. The highest BCUT2D eigenvalue weighted by atomic mass is 16.3. The number of carbonyl (C=O) groups excluding carboxylic acids is 1. The Kier molecular flexibility index (Phi) is 4.48. The molecule has 1 atom stereocenters. The summed E-state index contributed by atoms with van der Waals surface area (Å²) in [7, 11) is 0. The van der Waals surface area contributed by atoms with E-state index in [1.807, 2.05) is 6.92 Å². The van der Waals surface area contributed by atoms with Crippen LogP contribution >= 0.6 is 0 Å². The zero-order valence-electron chi connectivity index (χ0n) is 12.7. The Morgan fingerprint density at radius 2 is 1.80 bits per heavy atom. The second-order valence-corrected chi connectivity index (χ2v) is 6.31. The number of nitrogens with one attached hydrogen (secondary N) is 1. The second kappa shape index (κ2) is 5.96. The lowest BCUT2D eigenvalue weighted by atomic mass is 9.99. The Morgan fingerprint density at radius 1 is 1.25 bits per heavy atom. The molecule has 0 radical (unpaired) electrons. The summed E-state index contributed by atoms with van der Waals surface area (Å²) in [5, 5.41) is 13.2. The number of hydrogen-bond acceptors (Lipinski definition) is 2. The largest absolute Gasteiger partial charge is 0.380 e. The van der Waals surface area contributed by atoms with Crippen molar-refractivity contribution < 1.29 is 9.90 Å². The number of aryl methyl sites for hydroxylation is 2. The summed E-state index contributed by atoms with van der Waals surface area (Å²) >= 11 is 0. The maximum absolute atomic E-state index is 12.1. The van der Waals surface area contributed by atoms with E-state index in [4.69, 9.17) is 0 Å². The van der Waals surface area contributed by atoms with E-state index in [0.717, 1.165) is 19.3 Å². The molecule has 1 saturated carbocycles. The SMILES string of the molecule is Cc1cc(C)cc(C[C@@H](C)NC(=O)C2(O)CCCC2)c1. The van der Waals surface area contributed by atoms with Crippen LogP contribution in [0, 0.1) is 13.8 Å². The molecule has 1 aromatic carbocycles. The van der Waals surface area contributed by atoms with Gasteiger partial charge in [-0.25, -0.2) is 0 Å². The van der Waals surface area contributed by atoms with Crippen LogP contribution in [0.15, 0.2) is 18.2 Å². The molecule has 2 N–H and O–H groups in total. The Bertz CT molecular complexity index is 470. The molecular formula is C17H25NO2. The quantitative estimate of drug-likeness (QED) is 0.887. The van der Waals surface area contributed by atoms with Gasteiger partial charge in [-0.15, -0.1) is 0 Å². The van der Waals surface area contributed by atoms with Crippen molar-refractivity contribution in [1.82, 2.24) is 5.32 Å². The van der Waals surface area contributed by atoms with Crippen molar-refractivity contribution >= 4 is 5.91 Å². The molecule has 1 amide bonds. The van der Waals surface area contributed by atoms with Gasteiger partial charge in [0, 0.05) is 6.04 Å². The van der Waals surface area contributed by atoms with Crippen molar-refractivity contribution in [2.24, 2.45) is 0 Å². The maximum Gasteiger partial charge on any atom is 0.252 e. The zero-order valence-corrected chi connectivity index (χ0v) is 12.7. The van der Waals surface area contributed by atoms with Gasteiger partial charge in [-0.05, 0) is 58.4 Å². The van der Waals surface area contributed by atoms with E-state index < -0.39 is 5.60 Å². The van der Waals surface area contributed by atoms with Gasteiger partial charge in [0.1, 0.15) is 5.60 Å². The molecule has 1 aliphatic carbocycles. The van der Waals surface area contributed by atoms with Crippen molar-refractivity contribution in [2.45, 2.75) is 64.5 Å². The van der Waals surface area contributed by atoms with Crippen LogP contribution in [0.5, 0.6) is 0 Å². The van der Waals surface area contributed by atoms with Crippen LogP contribution in [-0.2, 0) is 11.2 Å². The number of aliphatic hydroxyl groups is 1. The highest BCUT2D eigenvalue weighted by molar-refractivity contribution is 5.85. The Morgan fingerprint density at radius 3 is 2.35 bits per heavy atom. The Balaban J connectivity index is 1.95. The third-order valence-electron chi connectivity index (χ3n) is 4.05. The minimum atomic E-state index is -1.13. The highest BCUT2D eigenvalue weighted by Gasteiger charge is 2.39. The number of carbonyl (C=O) groups is 1. The first-order valence-electron chi connectivity index (χ1n) is 7.49. The molecule has 3 heteroatoms. The minimum Gasteiger partial charge on any atom is -0.380 e. The average Bonchev–Trinajstić information content (AvgIpc) is 2.75. The molecule has 0 unspecified atom stereocenters. The van der Waals surface area contributed by atoms with Gasteiger partial charge in [-0.1, -0.05) is 29.3 Å². The molecular weight excluding hydrogens is 250 g/mol. The minimum absolute atomic E-state index is 0.0355. The molecule has 20 heavy (non-hydrogen) atoms. The van der Waals surface area contributed by atoms with Crippen LogP contribution in [0.25, 0.3) is 0 Å². The smallest absolute Gasteiger partial charge is 0.252 e. The lowest BCUT2D eigenvalue weighted by molar-refractivity contribution is -0.139. The van der Waals surface area contributed by atoms with Crippen molar-refractivity contribution in [3.8, 4) is 0 Å². The lowest BCUT2D eigenvalue weighted by Crippen LogP contribution is -2.48. The summed E-state index contributed by atoms with van der Waals surface area (Å²) in [6, 6.07) is 6.49. The molecule has 0 saturated heterocycles. The van der Waals surface area contributed by atoms with E-state index in [1.54, 1.807) is 0 Å². The normalized spacial score (nSPS) is 18.8. The molecule has 0 bridgehead atoms. The van der Waals surface area contributed by atoms with E-state index in [1.165, 1.54) is 16.7 Å². The molecule has 1 aromatic rings. The van der Waals surface area contributed by atoms with Gasteiger partial charge in [0.25, 0.3) is 5.91 Å². The van der Waals surface area contributed by atoms with Gasteiger partial charge >= 0.3 is 0 Å². The summed E-state index contributed by atoms with van der Waals surface area (Å²) < 4.78 is 0. The first-order chi connectivity index (χ1) is 9.39. The summed E-state index contributed by atoms with van der Waals surface area (Å²) in [5.41, 5.74) is 2.59. The molecule has 110 valence electrons. The van der Waals surface area contributed by atoms with Crippen LogP contribution < -0.4 is 5.32 Å². The Labute approximate surface area is 121 Å². The zero-order chi connectivity index (χ0) is 14.8. The van der Waals surface area contributed by atoms with Gasteiger partial charge in [-0.2, -0.15) is 0 Å². The second-order valence-electron chi connectivity index (χ2n) is 6.31. The van der Waals surface area contributed by atoms with Gasteiger partial charge in [0.05, 0.1) is 0 Å². The fourth-order valence-electron chi connectivity index (χ4n) is 3.14. The summed E-state index contributed by atoms with van der Waals surface area (Å²) in [4.78, 5) is 12.1. The number of amides is 1.